The van der Waals surface area contributed by atoms with Gasteiger partial charge in [0.2, 0.25) is 12.0 Å². The van der Waals surface area contributed by atoms with E-state index < -0.39 is 35.5 Å². The second kappa shape index (κ2) is 12.9. The minimum atomic E-state index is -4.79. The number of hydrogen-bond donors (Lipinski definition) is 2. The van der Waals surface area contributed by atoms with Crippen molar-refractivity contribution < 1.29 is 32.5 Å². The van der Waals surface area contributed by atoms with Gasteiger partial charge in [-0.1, -0.05) is 41.9 Å². The number of nitrogens with two attached hydrogens (primary N) is 1. The Labute approximate surface area is 273 Å². The molecule has 0 saturated carbocycles. The monoisotopic (exact) mass is 681 g/mol. The van der Waals surface area contributed by atoms with E-state index in [0.29, 0.717) is 38.4 Å². The van der Waals surface area contributed by atoms with Gasteiger partial charge in [0.1, 0.15) is 17.1 Å². The first-order valence-electron chi connectivity index (χ1n) is 13.8. The van der Waals surface area contributed by atoms with Gasteiger partial charge in [0.05, 0.1) is 16.7 Å². The maximum Gasteiger partial charge on any atom is 0.429 e. The van der Waals surface area contributed by atoms with E-state index >= 15 is 0 Å². The van der Waals surface area contributed by atoms with Gasteiger partial charge in [0, 0.05) is 28.0 Å². The standard InChI is InChI=1S/C32H31ClF3N3O4S.ClH/c1-30(2)13-19(14-31(3,4)43-30)22-12-20(33)9-10-21(22)27(32(34,35)36)42-28-26-25(38-16-39-28)23(15-44-26)18-7-5-17(6-8-18)11-24(37)29(40)41;/h5-10,12-13,15-16,24,27H,11,14,37H2,1-4H3,(H,40,41);1H/t24-,27+;/m0./s1. The van der Waals surface area contributed by atoms with E-state index in [0.717, 1.165) is 11.1 Å². The first kappa shape index (κ1) is 34.6. The summed E-state index contributed by atoms with van der Waals surface area (Å²) < 4.78 is 56.6. The van der Waals surface area contributed by atoms with Gasteiger partial charge >= 0.3 is 12.1 Å². The Morgan fingerprint density at radius 1 is 1.13 bits per heavy atom. The predicted octanol–water partition coefficient (Wildman–Crippen LogP) is 8.43. The third-order valence-electron chi connectivity index (χ3n) is 7.21. The van der Waals surface area contributed by atoms with Crippen LogP contribution in [0.3, 0.4) is 0 Å². The molecule has 0 spiro atoms. The van der Waals surface area contributed by atoms with Crippen LogP contribution < -0.4 is 10.5 Å². The van der Waals surface area contributed by atoms with Crippen molar-refractivity contribution in [3.63, 3.8) is 0 Å². The lowest BCUT2D eigenvalue weighted by Crippen LogP contribution is -2.40. The number of carboxylic acids is 1. The summed E-state index contributed by atoms with van der Waals surface area (Å²) in [5.41, 5.74) is 7.85. The van der Waals surface area contributed by atoms with Crippen LogP contribution in [0.25, 0.3) is 26.9 Å². The molecule has 1 aliphatic heterocycles. The number of alkyl halides is 3. The van der Waals surface area contributed by atoms with Crippen molar-refractivity contribution in [1.82, 2.24) is 9.97 Å². The van der Waals surface area contributed by atoms with E-state index in [1.165, 1.54) is 35.9 Å². The molecule has 240 valence electrons. The molecule has 0 unspecified atom stereocenters. The number of carboxylic acid groups (broad SMARTS) is 1. The Bertz CT molecular complexity index is 1740. The smallest absolute Gasteiger partial charge is 0.429 e. The molecule has 3 heterocycles. The summed E-state index contributed by atoms with van der Waals surface area (Å²) in [6.45, 7) is 7.52. The molecule has 3 N–H and O–H groups in total. The average Bonchev–Trinajstić information content (AvgIpc) is 3.35. The average molecular weight is 683 g/mol. The molecule has 0 radical (unpaired) electrons. The van der Waals surface area contributed by atoms with Gasteiger partial charge in [-0.05, 0) is 74.6 Å². The second-order valence-electron chi connectivity index (χ2n) is 11.9. The maximum absolute atomic E-state index is 14.8. The first-order valence-corrected chi connectivity index (χ1v) is 15.0. The molecule has 0 fully saturated rings. The minimum absolute atomic E-state index is 0. The lowest BCUT2D eigenvalue weighted by molar-refractivity contribution is -0.198. The molecule has 7 nitrogen and oxygen atoms in total. The number of fused-ring (bicyclic) bond motifs is 1. The summed E-state index contributed by atoms with van der Waals surface area (Å²) in [5, 5.41) is 11.2. The molecule has 2 aromatic carbocycles. The van der Waals surface area contributed by atoms with Gasteiger partial charge in [-0.15, -0.1) is 23.7 Å². The van der Waals surface area contributed by atoms with Crippen molar-refractivity contribution in [2.45, 2.75) is 70.1 Å². The Kier molecular flexibility index (Phi) is 9.92. The third-order valence-corrected chi connectivity index (χ3v) is 8.40. The topological polar surface area (TPSA) is 108 Å². The second-order valence-corrected chi connectivity index (χ2v) is 13.3. The SMILES string of the molecule is CC1(C)C=C(c2cc(Cl)ccc2[C@@H](Oc2ncnc3c(-c4ccc(C[C@H](N)C(=O)O)cc4)csc23)C(F)(F)F)CC(C)(C)O1.Cl. The number of halogens is 5. The van der Waals surface area contributed by atoms with Crippen molar-refractivity contribution >= 4 is 57.1 Å². The molecule has 45 heavy (non-hydrogen) atoms. The van der Waals surface area contributed by atoms with Crippen molar-refractivity contribution in [3.05, 3.63) is 82.0 Å². The fraction of sp³-hybridized carbons (Fsp3) is 0.344. The number of benzene rings is 2. The highest BCUT2D eigenvalue weighted by Gasteiger charge is 2.46. The molecule has 2 aromatic heterocycles. The van der Waals surface area contributed by atoms with E-state index in [2.05, 4.69) is 9.97 Å². The molecule has 2 atom stereocenters. The molecule has 0 amide bonds. The van der Waals surface area contributed by atoms with Crippen LogP contribution in [0.5, 0.6) is 5.88 Å². The number of hydrogen-bond acceptors (Lipinski definition) is 7. The van der Waals surface area contributed by atoms with E-state index in [1.54, 1.807) is 29.6 Å². The third kappa shape index (κ3) is 7.78. The quantitative estimate of drug-likeness (QED) is 0.192. The predicted molar refractivity (Wildman–Crippen MR) is 172 cm³/mol. The Balaban J connectivity index is 0.00000461. The zero-order valence-corrected chi connectivity index (χ0v) is 27.2. The number of aromatic nitrogens is 2. The van der Waals surface area contributed by atoms with Gasteiger partial charge in [-0.2, -0.15) is 13.2 Å². The molecular weight excluding hydrogens is 650 g/mol. The molecule has 0 aliphatic carbocycles. The van der Waals surface area contributed by atoms with Gasteiger partial charge < -0.3 is 20.3 Å². The Morgan fingerprint density at radius 3 is 2.44 bits per heavy atom. The van der Waals surface area contributed by atoms with Gasteiger partial charge in [-0.3, -0.25) is 4.79 Å². The highest BCUT2D eigenvalue weighted by Crippen LogP contribution is 2.46. The van der Waals surface area contributed by atoms with Crippen molar-refractivity contribution in [2.24, 2.45) is 5.73 Å². The number of nitrogens with zero attached hydrogens (tertiary/aromatic N) is 2. The molecular formula is C32H32Cl2F3N3O4S. The van der Waals surface area contributed by atoms with Crippen LogP contribution >= 0.6 is 35.3 Å². The highest BCUT2D eigenvalue weighted by molar-refractivity contribution is 7.18. The molecule has 1 aliphatic rings. The fourth-order valence-corrected chi connectivity index (χ4v) is 6.74. The summed E-state index contributed by atoms with van der Waals surface area (Å²) in [6.07, 6.45) is -3.59. The molecule has 0 saturated heterocycles. The maximum atomic E-state index is 14.8. The van der Waals surface area contributed by atoms with Crippen LogP contribution in [0, 0.1) is 0 Å². The summed E-state index contributed by atoms with van der Waals surface area (Å²) >= 11 is 7.48. The van der Waals surface area contributed by atoms with E-state index in [4.69, 9.17) is 31.9 Å². The van der Waals surface area contributed by atoms with Gasteiger partial charge in [-0.25, -0.2) is 9.97 Å². The van der Waals surface area contributed by atoms with Crippen molar-refractivity contribution in [2.75, 3.05) is 0 Å². The minimum Gasteiger partial charge on any atom is -0.480 e. The van der Waals surface area contributed by atoms with Crippen LogP contribution in [-0.2, 0) is 16.0 Å². The van der Waals surface area contributed by atoms with E-state index in [-0.39, 0.29) is 30.3 Å². The largest absolute Gasteiger partial charge is 0.480 e. The van der Waals surface area contributed by atoms with Crippen LogP contribution in [0.1, 0.15) is 56.9 Å². The van der Waals surface area contributed by atoms with Crippen LogP contribution in [-0.4, -0.2) is 44.5 Å². The number of ether oxygens (including phenoxy) is 2. The lowest BCUT2D eigenvalue weighted by atomic mass is 9.83. The highest BCUT2D eigenvalue weighted by atomic mass is 35.5. The zero-order valence-electron chi connectivity index (χ0n) is 24.8. The van der Waals surface area contributed by atoms with Crippen molar-refractivity contribution in [1.29, 1.82) is 0 Å². The van der Waals surface area contributed by atoms with Crippen LogP contribution in [0.4, 0.5) is 13.2 Å². The summed E-state index contributed by atoms with van der Waals surface area (Å²) in [6, 6.07) is 10.4. The van der Waals surface area contributed by atoms with E-state index in [9.17, 15) is 18.0 Å². The van der Waals surface area contributed by atoms with E-state index in [1.807, 2.05) is 33.8 Å². The molecule has 4 aromatic rings. The van der Waals surface area contributed by atoms with Gasteiger partial charge in [0.15, 0.2) is 0 Å². The summed E-state index contributed by atoms with van der Waals surface area (Å²) in [4.78, 5) is 19.6. The van der Waals surface area contributed by atoms with Gasteiger partial charge in [0.25, 0.3) is 0 Å². The Hall–Kier alpha value is -3.22. The molecule has 5 rings (SSSR count). The van der Waals surface area contributed by atoms with Crippen LogP contribution in [0.15, 0.2) is 60.2 Å². The number of thiophene rings is 1. The number of rotatable bonds is 8. The normalized spacial score (nSPS) is 17.2. The first-order chi connectivity index (χ1) is 20.5. The zero-order chi connectivity index (χ0) is 32.0. The van der Waals surface area contributed by atoms with Crippen molar-refractivity contribution in [3.8, 4) is 17.0 Å². The summed E-state index contributed by atoms with van der Waals surface area (Å²) in [5.74, 6) is -1.29. The summed E-state index contributed by atoms with van der Waals surface area (Å²) in [7, 11) is 0. The Morgan fingerprint density at radius 2 is 1.82 bits per heavy atom. The van der Waals surface area contributed by atoms with Crippen LogP contribution in [0.2, 0.25) is 5.02 Å². The fourth-order valence-electron chi connectivity index (χ4n) is 5.61. The molecule has 0 bridgehead atoms. The molecule has 13 heteroatoms. The lowest BCUT2D eigenvalue weighted by Gasteiger charge is -2.40. The number of aliphatic carboxylic acids is 1. The number of carbonyl (C=O) groups is 1.